The quantitative estimate of drug-likeness (QED) is 0.336. The molecule has 5 rings (SSSR count). The molecule has 1 aliphatic rings. The summed E-state index contributed by atoms with van der Waals surface area (Å²) < 4.78 is 5.71. The van der Waals surface area contributed by atoms with E-state index in [1.165, 1.54) is 0 Å². The van der Waals surface area contributed by atoms with Gasteiger partial charge in [-0.15, -0.1) is 0 Å². The zero-order valence-electron chi connectivity index (χ0n) is 18.2. The first kappa shape index (κ1) is 22.2. The van der Waals surface area contributed by atoms with E-state index in [1.54, 1.807) is 17.0 Å². The second kappa shape index (κ2) is 9.33. The molecule has 0 spiro atoms. The highest BCUT2D eigenvalue weighted by Gasteiger charge is 2.36. The highest BCUT2D eigenvalue weighted by molar-refractivity contribution is 6.30. The Morgan fingerprint density at radius 2 is 1.71 bits per heavy atom. The molecule has 1 N–H and O–H groups in total. The highest BCUT2D eigenvalue weighted by atomic mass is 35.5. The van der Waals surface area contributed by atoms with E-state index >= 15 is 0 Å². The highest BCUT2D eigenvalue weighted by Crippen LogP contribution is 2.38. The van der Waals surface area contributed by atoms with E-state index < -0.39 is 6.04 Å². The molecule has 0 saturated carbocycles. The summed E-state index contributed by atoms with van der Waals surface area (Å²) in [5, 5.41) is 8.45. The first-order valence-corrected chi connectivity index (χ1v) is 11.4. The SMILES string of the molecule is CC1=C(c2nc(-c3ccccc3)no2)C(c2cccc(Cl)c2)NC(=O)N1Cc1cccc(Cl)c1. The molecule has 1 aliphatic heterocycles. The molecule has 2 heterocycles. The van der Waals surface area contributed by atoms with Crippen LogP contribution < -0.4 is 5.32 Å². The van der Waals surface area contributed by atoms with Crippen LogP contribution in [0, 0.1) is 0 Å². The van der Waals surface area contributed by atoms with E-state index in [0.717, 1.165) is 16.7 Å². The summed E-state index contributed by atoms with van der Waals surface area (Å²) >= 11 is 12.4. The number of nitrogens with zero attached hydrogens (tertiary/aromatic N) is 3. The lowest BCUT2D eigenvalue weighted by molar-refractivity contribution is 0.203. The van der Waals surface area contributed by atoms with Gasteiger partial charge in [-0.3, -0.25) is 4.90 Å². The van der Waals surface area contributed by atoms with Crippen molar-refractivity contribution in [2.24, 2.45) is 0 Å². The minimum atomic E-state index is -0.508. The van der Waals surface area contributed by atoms with E-state index in [-0.39, 0.29) is 6.03 Å². The zero-order chi connectivity index (χ0) is 23.7. The minimum Gasteiger partial charge on any atom is -0.334 e. The maximum Gasteiger partial charge on any atom is 0.322 e. The van der Waals surface area contributed by atoms with Gasteiger partial charge in [-0.1, -0.05) is 83.0 Å². The number of carbonyl (C=O) groups is 1. The molecule has 170 valence electrons. The van der Waals surface area contributed by atoms with Crippen molar-refractivity contribution in [3.05, 3.63) is 112 Å². The van der Waals surface area contributed by atoms with Gasteiger partial charge in [0.2, 0.25) is 5.82 Å². The van der Waals surface area contributed by atoms with Crippen molar-refractivity contribution >= 4 is 34.8 Å². The van der Waals surface area contributed by atoms with Crippen molar-refractivity contribution in [3.8, 4) is 11.4 Å². The molecule has 2 amide bonds. The molecule has 1 unspecified atom stereocenters. The first-order valence-electron chi connectivity index (χ1n) is 10.7. The van der Waals surface area contributed by atoms with Gasteiger partial charge in [0.05, 0.1) is 18.2 Å². The van der Waals surface area contributed by atoms with Crippen LogP contribution in [-0.2, 0) is 6.54 Å². The molecule has 6 nitrogen and oxygen atoms in total. The summed E-state index contributed by atoms with van der Waals surface area (Å²) in [5.41, 5.74) is 3.97. The second-order valence-electron chi connectivity index (χ2n) is 7.94. The lowest BCUT2D eigenvalue weighted by Crippen LogP contribution is -2.45. The Bertz CT molecular complexity index is 1380. The maximum absolute atomic E-state index is 13.2. The van der Waals surface area contributed by atoms with Crippen LogP contribution in [0.25, 0.3) is 17.0 Å². The number of benzene rings is 3. The number of hydrogen-bond acceptors (Lipinski definition) is 4. The predicted molar refractivity (Wildman–Crippen MR) is 132 cm³/mol. The van der Waals surface area contributed by atoms with E-state index in [1.807, 2.05) is 73.7 Å². The number of hydrogen-bond donors (Lipinski definition) is 1. The van der Waals surface area contributed by atoms with E-state index in [2.05, 4.69) is 15.5 Å². The summed E-state index contributed by atoms with van der Waals surface area (Å²) in [7, 11) is 0. The fraction of sp³-hybridized carbons (Fsp3) is 0.115. The normalized spacial score (nSPS) is 16.0. The fourth-order valence-electron chi connectivity index (χ4n) is 4.04. The Labute approximate surface area is 206 Å². The minimum absolute atomic E-state index is 0.242. The molecular weight excluding hydrogens is 471 g/mol. The monoisotopic (exact) mass is 490 g/mol. The lowest BCUT2D eigenvalue weighted by atomic mass is 9.94. The average molecular weight is 491 g/mol. The number of rotatable bonds is 5. The third kappa shape index (κ3) is 4.42. The smallest absolute Gasteiger partial charge is 0.322 e. The molecule has 0 bridgehead atoms. The lowest BCUT2D eigenvalue weighted by Gasteiger charge is -2.35. The van der Waals surface area contributed by atoms with Crippen molar-refractivity contribution in [2.75, 3.05) is 0 Å². The Morgan fingerprint density at radius 1 is 0.971 bits per heavy atom. The maximum atomic E-state index is 13.2. The molecule has 0 aliphatic carbocycles. The van der Waals surface area contributed by atoms with Gasteiger partial charge in [0.1, 0.15) is 0 Å². The average Bonchev–Trinajstić information content (AvgIpc) is 3.32. The van der Waals surface area contributed by atoms with Crippen molar-refractivity contribution in [1.29, 1.82) is 0 Å². The first-order chi connectivity index (χ1) is 16.5. The Kier molecular flexibility index (Phi) is 6.09. The second-order valence-corrected chi connectivity index (χ2v) is 8.81. The van der Waals surface area contributed by atoms with Gasteiger partial charge in [-0.2, -0.15) is 4.98 Å². The van der Waals surface area contributed by atoms with E-state index in [4.69, 9.17) is 27.7 Å². The number of amides is 2. The molecule has 1 aromatic heterocycles. The van der Waals surface area contributed by atoms with Gasteiger partial charge in [0.15, 0.2) is 0 Å². The summed E-state index contributed by atoms with van der Waals surface area (Å²) in [6, 6.07) is 23.6. The van der Waals surface area contributed by atoms with Crippen molar-refractivity contribution in [3.63, 3.8) is 0 Å². The summed E-state index contributed by atoms with van der Waals surface area (Å²) in [6.07, 6.45) is 0. The number of nitrogens with one attached hydrogen (secondary N) is 1. The Balaban J connectivity index is 1.61. The van der Waals surface area contributed by atoms with Gasteiger partial charge in [0.25, 0.3) is 5.89 Å². The largest absolute Gasteiger partial charge is 0.334 e. The van der Waals surface area contributed by atoms with Crippen LogP contribution >= 0.6 is 23.2 Å². The molecule has 34 heavy (non-hydrogen) atoms. The summed E-state index contributed by atoms with van der Waals surface area (Å²) in [4.78, 5) is 19.5. The van der Waals surface area contributed by atoms with Gasteiger partial charge in [-0.05, 0) is 42.3 Å². The summed E-state index contributed by atoms with van der Waals surface area (Å²) in [6.45, 7) is 2.21. The van der Waals surface area contributed by atoms with Crippen LogP contribution in [0.5, 0.6) is 0 Å². The van der Waals surface area contributed by atoms with Crippen LogP contribution in [0.15, 0.2) is 89.1 Å². The number of halogens is 2. The van der Waals surface area contributed by atoms with Crippen molar-refractivity contribution in [2.45, 2.75) is 19.5 Å². The molecule has 0 fully saturated rings. The number of urea groups is 1. The Morgan fingerprint density at radius 3 is 2.44 bits per heavy atom. The third-order valence-corrected chi connectivity index (χ3v) is 6.17. The van der Waals surface area contributed by atoms with E-state index in [9.17, 15) is 4.79 Å². The number of carbonyl (C=O) groups excluding carboxylic acids is 1. The summed E-state index contributed by atoms with van der Waals surface area (Å²) in [5.74, 6) is 0.802. The van der Waals surface area contributed by atoms with Crippen LogP contribution in [0.4, 0.5) is 4.79 Å². The third-order valence-electron chi connectivity index (χ3n) is 5.70. The molecule has 1 atom stereocenters. The van der Waals surface area contributed by atoms with Crippen molar-refractivity contribution in [1.82, 2.24) is 20.4 Å². The van der Waals surface area contributed by atoms with E-state index in [0.29, 0.717) is 39.6 Å². The topological polar surface area (TPSA) is 71.3 Å². The van der Waals surface area contributed by atoms with Gasteiger partial charge in [0, 0.05) is 21.3 Å². The standard InChI is InChI=1S/C26H20Cl2N4O2/c1-16-22(25-30-24(31-34-25)18-8-3-2-4-9-18)23(19-10-6-12-21(28)14-19)29-26(33)32(16)15-17-7-5-11-20(27)13-17/h2-14,23H,15H2,1H3,(H,29,33). The molecule has 8 heteroatoms. The molecule has 0 saturated heterocycles. The molecule has 3 aromatic carbocycles. The van der Waals surface area contributed by atoms with Crippen LogP contribution in [0.2, 0.25) is 10.0 Å². The zero-order valence-corrected chi connectivity index (χ0v) is 19.7. The molecular formula is C26H20Cl2N4O2. The Hall–Kier alpha value is -3.61. The van der Waals surface area contributed by atoms with Crippen LogP contribution in [0.1, 0.15) is 30.0 Å². The van der Waals surface area contributed by atoms with Crippen molar-refractivity contribution < 1.29 is 9.32 Å². The van der Waals surface area contributed by atoms with Gasteiger partial charge >= 0.3 is 6.03 Å². The van der Waals surface area contributed by atoms with Gasteiger partial charge in [-0.25, -0.2) is 4.79 Å². The fourth-order valence-corrected chi connectivity index (χ4v) is 4.45. The number of allylic oxidation sites excluding steroid dienone is 1. The van der Waals surface area contributed by atoms with Crippen LogP contribution in [0.3, 0.4) is 0 Å². The van der Waals surface area contributed by atoms with Crippen LogP contribution in [-0.4, -0.2) is 21.1 Å². The number of aromatic nitrogens is 2. The molecule has 4 aromatic rings. The molecule has 0 radical (unpaired) electrons. The van der Waals surface area contributed by atoms with Gasteiger partial charge < -0.3 is 9.84 Å². The predicted octanol–water partition coefficient (Wildman–Crippen LogP) is 6.74.